The summed E-state index contributed by atoms with van der Waals surface area (Å²) in [7, 11) is 0. The van der Waals surface area contributed by atoms with E-state index in [1.807, 2.05) is 6.92 Å². The van der Waals surface area contributed by atoms with Gasteiger partial charge >= 0.3 is 5.97 Å². The van der Waals surface area contributed by atoms with E-state index >= 15 is 0 Å². The molecule has 0 aliphatic carbocycles. The summed E-state index contributed by atoms with van der Waals surface area (Å²) in [6, 6.07) is 4.67. The number of carbonyl (C=O) groups is 1. The highest BCUT2D eigenvalue weighted by atomic mass is 16.6. The van der Waals surface area contributed by atoms with Crippen molar-refractivity contribution >= 4 is 17.7 Å². The third kappa shape index (κ3) is 3.23. The van der Waals surface area contributed by atoms with Crippen molar-refractivity contribution < 1.29 is 14.8 Å². The maximum absolute atomic E-state index is 11.2. The van der Waals surface area contributed by atoms with E-state index in [1.165, 1.54) is 12.1 Å². The number of aliphatic carboxylic acids is 1. The van der Waals surface area contributed by atoms with E-state index < -0.39 is 16.3 Å². The average molecular weight is 277 g/mol. The van der Waals surface area contributed by atoms with Gasteiger partial charge in [0.15, 0.2) is 0 Å². The van der Waals surface area contributed by atoms with Crippen molar-refractivity contribution in [2.45, 2.75) is 34.1 Å². The quantitative estimate of drug-likeness (QED) is 0.657. The molecule has 1 N–H and O–H groups in total. The van der Waals surface area contributed by atoms with E-state index in [0.29, 0.717) is 11.1 Å². The van der Waals surface area contributed by atoms with Gasteiger partial charge in [0.1, 0.15) is 0 Å². The van der Waals surface area contributed by atoms with Crippen molar-refractivity contribution in [1.82, 2.24) is 0 Å². The first-order chi connectivity index (χ1) is 9.20. The normalized spacial score (nSPS) is 12.3. The van der Waals surface area contributed by atoms with Gasteiger partial charge in [0.25, 0.3) is 5.69 Å². The van der Waals surface area contributed by atoms with Crippen molar-refractivity contribution in [2.24, 2.45) is 5.41 Å². The molecule has 0 fully saturated rings. The fourth-order valence-electron chi connectivity index (χ4n) is 1.73. The zero-order chi connectivity index (χ0) is 15.5. The first-order valence-electron chi connectivity index (χ1n) is 6.39. The van der Waals surface area contributed by atoms with Gasteiger partial charge in [-0.05, 0) is 38.3 Å². The minimum absolute atomic E-state index is 0.00869. The molecule has 0 bridgehead atoms. The molecule has 0 heterocycles. The summed E-state index contributed by atoms with van der Waals surface area (Å²) in [6.45, 7) is 6.91. The zero-order valence-corrected chi connectivity index (χ0v) is 12.1. The number of nitro benzene ring substituents is 1. The SMILES string of the molecule is CCc1ccc([N+](=O)[O-])cc1/C=C(\C)C(C)(C)C(=O)O. The molecule has 1 aromatic carbocycles. The van der Waals surface area contributed by atoms with Crippen LogP contribution in [0, 0.1) is 15.5 Å². The van der Waals surface area contributed by atoms with Crippen molar-refractivity contribution in [2.75, 3.05) is 0 Å². The number of carboxylic acids is 1. The van der Waals surface area contributed by atoms with E-state index in [9.17, 15) is 20.0 Å². The van der Waals surface area contributed by atoms with E-state index in [2.05, 4.69) is 0 Å². The van der Waals surface area contributed by atoms with Crippen LogP contribution in [0.5, 0.6) is 0 Å². The zero-order valence-electron chi connectivity index (χ0n) is 12.1. The number of rotatable bonds is 5. The number of carboxylic acid groups (broad SMARTS) is 1. The second-order valence-corrected chi connectivity index (χ2v) is 5.25. The molecule has 0 aromatic heterocycles. The van der Waals surface area contributed by atoms with Gasteiger partial charge in [-0.25, -0.2) is 0 Å². The van der Waals surface area contributed by atoms with Crippen LogP contribution in [-0.4, -0.2) is 16.0 Å². The number of hydrogen-bond acceptors (Lipinski definition) is 3. The Kier molecular flexibility index (Phi) is 4.65. The Labute approximate surface area is 118 Å². The summed E-state index contributed by atoms with van der Waals surface area (Å²) >= 11 is 0. The van der Waals surface area contributed by atoms with Gasteiger partial charge in [-0.1, -0.05) is 24.6 Å². The van der Waals surface area contributed by atoms with Crippen molar-refractivity contribution in [1.29, 1.82) is 0 Å². The monoisotopic (exact) mass is 277 g/mol. The van der Waals surface area contributed by atoms with Crippen LogP contribution in [0.4, 0.5) is 5.69 Å². The summed E-state index contributed by atoms with van der Waals surface area (Å²) < 4.78 is 0. The lowest BCUT2D eigenvalue weighted by atomic mass is 9.83. The van der Waals surface area contributed by atoms with E-state index in [4.69, 9.17) is 0 Å². The fourth-order valence-corrected chi connectivity index (χ4v) is 1.73. The molecular weight excluding hydrogens is 258 g/mol. The predicted molar refractivity (Wildman–Crippen MR) is 77.5 cm³/mol. The predicted octanol–water partition coefficient (Wildman–Crippen LogP) is 3.67. The van der Waals surface area contributed by atoms with Crippen LogP contribution in [0.1, 0.15) is 38.8 Å². The summed E-state index contributed by atoms with van der Waals surface area (Å²) in [5.41, 5.74) is 1.31. The largest absolute Gasteiger partial charge is 0.481 e. The Bertz CT molecular complexity index is 573. The lowest BCUT2D eigenvalue weighted by Crippen LogP contribution is -2.24. The molecule has 1 rings (SSSR count). The molecule has 0 aliphatic heterocycles. The van der Waals surface area contributed by atoms with Gasteiger partial charge in [0.05, 0.1) is 10.3 Å². The van der Waals surface area contributed by atoms with Gasteiger partial charge in [0.2, 0.25) is 0 Å². The highest BCUT2D eigenvalue weighted by Gasteiger charge is 2.29. The van der Waals surface area contributed by atoms with Gasteiger partial charge < -0.3 is 5.11 Å². The van der Waals surface area contributed by atoms with Crippen LogP contribution in [0.25, 0.3) is 6.08 Å². The fraction of sp³-hybridized carbons (Fsp3) is 0.400. The number of benzene rings is 1. The smallest absolute Gasteiger partial charge is 0.313 e. The van der Waals surface area contributed by atoms with Gasteiger partial charge in [-0.15, -0.1) is 0 Å². The Hall–Kier alpha value is -2.17. The number of nitro groups is 1. The molecule has 0 saturated carbocycles. The maximum atomic E-state index is 11.2. The molecule has 108 valence electrons. The third-order valence-electron chi connectivity index (χ3n) is 3.61. The molecule has 20 heavy (non-hydrogen) atoms. The molecule has 0 amide bonds. The van der Waals surface area contributed by atoms with Crippen LogP contribution in [0.3, 0.4) is 0 Å². The maximum Gasteiger partial charge on any atom is 0.313 e. The Morgan fingerprint density at radius 1 is 1.45 bits per heavy atom. The minimum atomic E-state index is -1.00. The first kappa shape index (κ1) is 15.9. The van der Waals surface area contributed by atoms with E-state index in [-0.39, 0.29) is 5.69 Å². The molecule has 5 nitrogen and oxygen atoms in total. The lowest BCUT2D eigenvalue weighted by molar-refractivity contribution is -0.384. The Morgan fingerprint density at radius 2 is 2.05 bits per heavy atom. The van der Waals surface area contributed by atoms with Crippen LogP contribution in [0.15, 0.2) is 23.8 Å². The average Bonchev–Trinajstić information content (AvgIpc) is 2.38. The first-order valence-corrected chi connectivity index (χ1v) is 6.39. The Balaban J connectivity index is 3.34. The van der Waals surface area contributed by atoms with Crippen LogP contribution < -0.4 is 0 Å². The summed E-state index contributed by atoms with van der Waals surface area (Å²) in [5, 5.41) is 20.0. The second-order valence-electron chi connectivity index (χ2n) is 5.25. The standard InChI is InChI=1S/C15H19NO4/c1-5-11-6-7-13(16(19)20)9-12(11)8-10(2)15(3,4)14(17)18/h6-9H,5H2,1-4H3,(H,17,18)/b10-8+. The van der Waals surface area contributed by atoms with Crippen molar-refractivity contribution in [3.63, 3.8) is 0 Å². The molecule has 0 aliphatic rings. The van der Waals surface area contributed by atoms with Crippen LogP contribution in [0.2, 0.25) is 0 Å². The van der Waals surface area contributed by atoms with Gasteiger partial charge in [-0.2, -0.15) is 0 Å². The molecule has 0 unspecified atom stereocenters. The second kappa shape index (κ2) is 5.86. The third-order valence-corrected chi connectivity index (χ3v) is 3.61. The van der Waals surface area contributed by atoms with Gasteiger partial charge in [0, 0.05) is 12.1 Å². The molecule has 0 spiro atoms. The summed E-state index contributed by atoms with van der Waals surface area (Å²) in [4.78, 5) is 21.6. The topological polar surface area (TPSA) is 80.4 Å². The minimum Gasteiger partial charge on any atom is -0.481 e. The molecule has 0 saturated heterocycles. The highest BCUT2D eigenvalue weighted by molar-refractivity contribution is 5.80. The van der Waals surface area contributed by atoms with Crippen LogP contribution in [-0.2, 0) is 11.2 Å². The molecule has 1 aromatic rings. The number of non-ortho nitro benzene ring substituents is 1. The molecule has 0 atom stereocenters. The van der Waals surface area contributed by atoms with Crippen molar-refractivity contribution in [3.05, 3.63) is 45.0 Å². The molecular formula is C15H19NO4. The van der Waals surface area contributed by atoms with Crippen molar-refractivity contribution in [3.8, 4) is 0 Å². The molecule has 5 heteroatoms. The Morgan fingerprint density at radius 3 is 2.50 bits per heavy atom. The molecule has 0 radical (unpaired) electrons. The van der Waals surface area contributed by atoms with Gasteiger partial charge in [-0.3, -0.25) is 14.9 Å². The van der Waals surface area contributed by atoms with E-state index in [1.54, 1.807) is 32.9 Å². The lowest BCUT2D eigenvalue weighted by Gasteiger charge is -2.20. The number of aryl methyl sites for hydroxylation is 1. The highest BCUT2D eigenvalue weighted by Crippen LogP contribution is 2.30. The number of nitrogens with zero attached hydrogens (tertiary/aromatic N) is 1. The summed E-state index contributed by atoms with van der Waals surface area (Å²) in [5.74, 6) is -0.922. The summed E-state index contributed by atoms with van der Waals surface area (Å²) in [6.07, 6.45) is 2.45. The number of hydrogen-bond donors (Lipinski definition) is 1. The van der Waals surface area contributed by atoms with E-state index in [0.717, 1.165) is 12.0 Å². The van der Waals surface area contributed by atoms with Crippen LogP contribution >= 0.6 is 0 Å².